The highest BCUT2D eigenvalue weighted by atomic mass is 16.6. The van der Waals surface area contributed by atoms with E-state index < -0.39 is 45.3 Å². The maximum atomic E-state index is 11.5. The standard InChI is InChI=1S/C12H16N4O7/c13-9(17)4-8(10(18)19)14-6-11(15(20)21)2-1-3-12(5-11,7-14)16(22)23/h1-2,8H,3-7H2,(H2,13,17)(H,18,19). The van der Waals surface area contributed by atoms with Gasteiger partial charge >= 0.3 is 5.97 Å². The Kier molecular flexibility index (Phi) is 4.07. The average molecular weight is 328 g/mol. The molecule has 0 spiro atoms. The van der Waals surface area contributed by atoms with E-state index in [0.717, 1.165) is 4.90 Å². The second kappa shape index (κ2) is 5.57. The van der Waals surface area contributed by atoms with Crippen LogP contribution in [0, 0.1) is 20.2 Å². The van der Waals surface area contributed by atoms with Gasteiger partial charge in [0.05, 0.1) is 25.9 Å². The lowest BCUT2D eigenvalue weighted by atomic mass is 9.71. The van der Waals surface area contributed by atoms with Gasteiger partial charge < -0.3 is 10.8 Å². The molecule has 0 saturated carbocycles. The summed E-state index contributed by atoms with van der Waals surface area (Å²) in [4.78, 5) is 45.3. The number of primary amides is 1. The largest absolute Gasteiger partial charge is 0.480 e. The van der Waals surface area contributed by atoms with Crippen LogP contribution in [0.2, 0.25) is 0 Å². The van der Waals surface area contributed by atoms with Gasteiger partial charge in [-0.05, 0) is 6.08 Å². The van der Waals surface area contributed by atoms with Crippen molar-refractivity contribution in [2.45, 2.75) is 36.4 Å². The van der Waals surface area contributed by atoms with E-state index in [1.807, 2.05) is 0 Å². The molecule has 1 aliphatic carbocycles. The Morgan fingerprint density at radius 3 is 2.43 bits per heavy atom. The van der Waals surface area contributed by atoms with E-state index in [4.69, 9.17) is 5.73 Å². The van der Waals surface area contributed by atoms with Gasteiger partial charge in [-0.2, -0.15) is 0 Å². The molecule has 1 saturated heterocycles. The van der Waals surface area contributed by atoms with Crippen LogP contribution in [0.3, 0.4) is 0 Å². The molecule has 1 fully saturated rings. The number of hydrogen-bond acceptors (Lipinski definition) is 7. The number of amides is 1. The predicted octanol–water partition coefficient (Wildman–Crippen LogP) is -0.988. The van der Waals surface area contributed by atoms with Crippen molar-refractivity contribution in [3.05, 3.63) is 32.4 Å². The Morgan fingerprint density at radius 1 is 1.30 bits per heavy atom. The molecule has 0 aromatic carbocycles. The summed E-state index contributed by atoms with van der Waals surface area (Å²) in [5.74, 6) is -2.29. The quantitative estimate of drug-likeness (QED) is 0.355. The van der Waals surface area contributed by atoms with E-state index >= 15 is 0 Å². The molecule has 3 N–H and O–H groups in total. The zero-order chi connectivity index (χ0) is 17.4. The minimum absolute atomic E-state index is 0.0327. The highest BCUT2D eigenvalue weighted by Gasteiger charge is 2.63. The van der Waals surface area contributed by atoms with E-state index in [9.17, 15) is 34.9 Å². The van der Waals surface area contributed by atoms with Crippen LogP contribution in [0.4, 0.5) is 0 Å². The van der Waals surface area contributed by atoms with Gasteiger partial charge in [0.25, 0.3) is 5.54 Å². The first-order valence-corrected chi connectivity index (χ1v) is 6.84. The molecular formula is C12H16N4O7. The lowest BCUT2D eigenvalue weighted by Crippen LogP contribution is -2.68. The van der Waals surface area contributed by atoms with Gasteiger partial charge in [0.1, 0.15) is 6.04 Å². The molecule has 1 amide bonds. The number of carboxylic acids is 1. The van der Waals surface area contributed by atoms with Crippen molar-refractivity contribution in [1.82, 2.24) is 4.90 Å². The number of nitro groups is 2. The molecule has 1 heterocycles. The molecular weight excluding hydrogens is 312 g/mol. The number of rotatable bonds is 6. The summed E-state index contributed by atoms with van der Waals surface area (Å²) >= 11 is 0. The highest BCUT2D eigenvalue weighted by Crippen LogP contribution is 2.41. The summed E-state index contributed by atoms with van der Waals surface area (Å²) in [6.07, 6.45) is 1.77. The molecule has 3 unspecified atom stereocenters. The predicted molar refractivity (Wildman–Crippen MR) is 74.6 cm³/mol. The summed E-state index contributed by atoms with van der Waals surface area (Å²) in [6, 6.07) is -1.43. The van der Waals surface area contributed by atoms with E-state index in [1.54, 1.807) is 0 Å². The number of carbonyl (C=O) groups excluding carboxylic acids is 1. The van der Waals surface area contributed by atoms with Crippen molar-refractivity contribution in [3.8, 4) is 0 Å². The normalized spacial score (nSPS) is 31.3. The average Bonchev–Trinajstić information content (AvgIpc) is 2.43. The van der Waals surface area contributed by atoms with Crippen LogP contribution in [0.15, 0.2) is 12.2 Å². The minimum atomic E-state index is -1.74. The van der Waals surface area contributed by atoms with Crippen molar-refractivity contribution in [2.75, 3.05) is 13.1 Å². The molecule has 11 nitrogen and oxygen atoms in total. The highest BCUT2D eigenvalue weighted by molar-refractivity contribution is 5.83. The fourth-order valence-corrected chi connectivity index (χ4v) is 3.38. The second-order valence-electron chi connectivity index (χ2n) is 6.05. The SMILES string of the molecule is NC(=O)CC(C(=O)O)N1CC2([N+](=O)[O-])C=CCC([N+](=O)[O-])(C1)C2. The van der Waals surface area contributed by atoms with Crippen LogP contribution in [0.25, 0.3) is 0 Å². The lowest BCUT2D eigenvalue weighted by molar-refractivity contribution is -0.619. The van der Waals surface area contributed by atoms with Crippen LogP contribution in [-0.4, -0.2) is 61.9 Å². The molecule has 0 aromatic heterocycles. The van der Waals surface area contributed by atoms with E-state index in [1.165, 1.54) is 12.2 Å². The van der Waals surface area contributed by atoms with Crippen molar-refractivity contribution in [1.29, 1.82) is 0 Å². The molecule has 0 radical (unpaired) electrons. The van der Waals surface area contributed by atoms with Crippen molar-refractivity contribution < 1.29 is 24.5 Å². The van der Waals surface area contributed by atoms with Gasteiger partial charge in [0.2, 0.25) is 11.4 Å². The third-order valence-electron chi connectivity index (χ3n) is 4.41. The summed E-state index contributed by atoms with van der Waals surface area (Å²) in [5, 5.41) is 32.2. The fourth-order valence-electron chi connectivity index (χ4n) is 3.38. The molecule has 126 valence electrons. The van der Waals surface area contributed by atoms with Crippen LogP contribution >= 0.6 is 0 Å². The minimum Gasteiger partial charge on any atom is -0.480 e. The first kappa shape index (κ1) is 16.8. The molecule has 11 heteroatoms. The van der Waals surface area contributed by atoms with Crippen LogP contribution in [0.5, 0.6) is 0 Å². The van der Waals surface area contributed by atoms with Gasteiger partial charge in [-0.15, -0.1) is 0 Å². The van der Waals surface area contributed by atoms with Gasteiger partial charge in [-0.25, -0.2) is 0 Å². The zero-order valence-corrected chi connectivity index (χ0v) is 12.1. The first-order valence-electron chi connectivity index (χ1n) is 6.84. The maximum Gasteiger partial charge on any atom is 0.321 e. The summed E-state index contributed by atoms with van der Waals surface area (Å²) < 4.78 is 0. The molecule has 1 aliphatic heterocycles. The molecule has 23 heavy (non-hydrogen) atoms. The summed E-state index contributed by atoms with van der Waals surface area (Å²) in [6.45, 7) is -0.611. The van der Waals surface area contributed by atoms with Gasteiger partial charge in [0, 0.05) is 16.3 Å². The Labute approximate surface area is 130 Å². The van der Waals surface area contributed by atoms with E-state index in [2.05, 4.69) is 0 Å². The number of likely N-dealkylation sites (tertiary alicyclic amines) is 1. The smallest absolute Gasteiger partial charge is 0.321 e. The van der Waals surface area contributed by atoms with Crippen molar-refractivity contribution in [2.24, 2.45) is 5.73 Å². The fraction of sp³-hybridized carbons (Fsp3) is 0.667. The van der Waals surface area contributed by atoms with Crippen molar-refractivity contribution in [3.63, 3.8) is 0 Å². The zero-order valence-electron chi connectivity index (χ0n) is 12.1. The number of nitrogens with zero attached hydrogens (tertiary/aromatic N) is 3. The first-order chi connectivity index (χ1) is 10.6. The number of carboxylic acid groups (broad SMARTS) is 1. The topological polar surface area (TPSA) is 170 Å². The second-order valence-corrected chi connectivity index (χ2v) is 6.05. The number of nitrogens with two attached hydrogens (primary N) is 1. The van der Waals surface area contributed by atoms with Crippen molar-refractivity contribution >= 4 is 11.9 Å². The molecule has 2 aliphatic rings. The Bertz CT molecular complexity index is 606. The Morgan fingerprint density at radius 2 is 1.96 bits per heavy atom. The number of aliphatic carboxylic acids is 1. The molecule has 0 aromatic rings. The Balaban J connectivity index is 2.45. The molecule has 2 rings (SSSR count). The number of carbonyl (C=O) groups is 2. The molecule has 2 bridgehead atoms. The van der Waals surface area contributed by atoms with Gasteiger partial charge in [-0.1, -0.05) is 6.08 Å². The maximum absolute atomic E-state index is 11.5. The van der Waals surface area contributed by atoms with Gasteiger partial charge in [-0.3, -0.25) is 34.7 Å². The van der Waals surface area contributed by atoms with E-state index in [0.29, 0.717) is 0 Å². The Hall–Kier alpha value is -2.56. The van der Waals surface area contributed by atoms with Crippen LogP contribution in [-0.2, 0) is 9.59 Å². The summed E-state index contributed by atoms with van der Waals surface area (Å²) in [5.41, 5.74) is 1.64. The van der Waals surface area contributed by atoms with Crippen LogP contribution in [0.1, 0.15) is 19.3 Å². The number of hydrogen-bond donors (Lipinski definition) is 2. The van der Waals surface area contributed by atoms with Gasteiger partial charge in [0.15, 0.2) is 0 Å². The number of fused-ring (bicyclic) bond motifs is 2. The van der Waals surface area contributed by atoms with E-state index in [-0.39, 0.29) is 25.9 Å². The lowest BCUT2D eigenvalue weighted by Gasteiger charge is -2.45. The third kappa shape index (κ3) is 2.86. The monoisotopic (exact) mass is 328 g/mol. The summed E-state index contributed by atoms with van der Waals surface area (Å²) in [7, 11) is 0. The number of piperidine rings is 1. The third-order valence-corrected chi connectivity index (χ3v) is 4.41. The van der Waals surface area contributed by atoms with Crippen LogP contribution < -0.4 is 5.73 Å². The molecule has 3 atom stereocenters.